The van der Waals surface area contributed by atoms with Crippen molar-refractivity contribution in [3.05, 3.63) is 58.6 Å². The summed E-state index contributed by atoms with van der Waals surface area (Å²) in [4.78, 5) is 38.2. The number of barbiturate groups is 1. The molecule has 1 N–H and O–H groups in total. The van der Waals surface area contributed by atoms with E-state index in [0.717, 1.165) is 4.90 Å². The van der Waals surface area contributed by atoms with E-state index in [0.29, 0.717) is 29.4 Å². The molecule has 2 aromatic rings. The lowest BCUT2D eigenvalue weighted by molar-refractivity contribution is -0.122. The van der Waals surface area contributed by atoms with Crippen molar-refractivity contribution >= 4 is 41.2 Å². The van der Waals surface area contributed by atoms with Crippen molar-refractivity contribution in [3.8, 4) is 11.5 Å². The third-order valence-electron chi connectivity index (χ3n) is 3.97. The van der Waals surface area contributed by atoms with Gasteiger partial charge in [0.1, 0.15) is 5.57 Å². The fourth-order valence-corrected chi connectivity index (χ4v) is 3.02. The van der Waals surface area contributed by atoms with Crippen molar-refractivity contribution in [2.75, 3.05) is 18.6 Å². The van der Waals surface area contributed by atoms with Gasteiger partial charge in [-0.15, -0.1) is 0 Å². The second-order valence-electron chi connectivity index (χ2n) is 5.76. The highest BCUT2D eigenvalue weighted by atomic mass is 35.5. The van der Waals surface area contributed by atoms with Gasteiger partial charge in [-0.3, -0.25) is 14.9 Å². The quantitative estimate of drug-likeness (QED) is 0.614. The van der Waals surface area contributed by atoms with E-state index in [2.05, 4.69) is 5.32 Å². The normalized spacial score (nSPS) is 15.6. The number of ether oxygens (including phenoxy) is 2. The van der Waals surface area contributed by atoms with Gasteiger partial charge in [-0.2, -0.15) is 0 Å². The van der Waals surface area contributed by atoms with Crippen molar-refractivity contribution < 1.29 is 23.9 Å². The van der Waals surface area contributed by atoms with Gasteiger partial charge < -0.3 is 9.47 Å². The molecule has 0 bridgehead atoms. The summed E-state index contributed by atoms with van der Waals surface area (Å²) in [7, 11) is 1.46. The first-order chi connectivity index (χ1) is 13.5. The molecule has 7 nitrogen and oxygen atoms in total. The first-order valence-electron chi connectivity index (χ1n) is 8.43. The second-order valence-corrected chi connectivity index (χ2v) is 6.17. The molecular weight excluding hydrogens is 384 g/mol. The molecule has 1 aliphatic rings. The first-order valence-corrected chi connectivity index (χ1v) is 8.81. The van der Waals surface area contributed by atoms with Gasteiger partial charge >= 0.3 is 6.03 Å². The molecule has 1 heterocycles. The van der Waals surface area contributed by atoms with Crippen molar-refractivity contribution in [1.29, 1.82) is 0 Å². The highest BCUT2D eigenvalue weighted by molar-refractivity contribution is 6.39. The van der Waals surface area contributed by atoms with Crippen LogP contribution in [0.4, 0.5) is 10.5 Å². The SMILES string of the molecule is CCOc1c(Cl)cc(/C=C2\C(=O)NC(=O)N(c3ccccc3)C2=O)cc1OC. The lowest BCUT2D eigenvalue weighted by Gasteiger charge is -2.26. The molecule has 1 saturated heterocycles. The molecule has 0 atom stereocenters. The number of hydrogen-bond donors (Lipinski definition) is 1. The molecule has 1 fully saturated rings. The Morgan fingerprint density at radius 1 is 1.14 bits per heavy atom. The molecule has 4 amide bonds. The number of nitrogens with one attached hydrogen (secondary N) is 1. The summed E-state index contributed by atoms with van der Waals surface area (Å²) in [5, 5.41) is 2.44. The van der Waals surface area contributed by atoms with E-state index in [4.69, 9.17) is 21.1 Å². The van der Waals surface area contributed by atoms with Crippen LogP contribution in [-0.2, 0) is 9.59 Å². The van der Waals surface area contributed by atoms with Crippen LogP contribution in [0.5, 0.6) is 11.5 Å². The molecule has 0 spiro atoms. The molecule has 2 aromatic carbocycles. The van der Waals surface area contributed by atoms with Crippen LogP contribution in [0.2, 0.25) is 5.02 Å². The summed E-state index contributed by atoms with van der Waals surface area (Å²) in [6.45, 7) is 2.21. The summed E-state index contributed by atoms with van der Waals surface area (Å²) in [6, 6.07) is 10.7. The molecule has 144 valence electrons. The molecule has 28 heavy (non-hydrogen) atoms. The molecule has 0 aliphatic carbocycles. The number of urea groups is 1. The zero-order valence-corrected chi connectivity index (χ0v) is 15.9. The lowest BCUT2D eigenvalue weighted by atomic mass is 10.1. The fraction of sp³-hybridized carbons (Fsp3) is 0.150. The van der Waals surface area contributed by atoms with Gasteiger partial charge in [-0.05, 0) is 42.8 Å². The van der Waals surface area contributed by atoms with Crippen LogP contribution in [0, 0.1) is 0 Å². The van der Waals surface area contributed by atoms with E-state index in [-0.39, 0.29) is 10.6 Å². The number of nitrogens with zero attached hydrogens (tertiary/aromatic N) is 1. The van der Waals surface area contributed by atoms with Crippen LogP contribution in [-0.4, -0.2) is 31.6 Å². The van der Waals surface area contributed by atoms with Crippen LogP contribution < -0.4 is 19.7 Å². The smallest absolute Gasteiger partial charge is 0.335 e. The Labute approximate surface area is 166 Å². The monoisotopic (exact) mass is 400 g/mol. The number of rotatable bonds is 5. The number of carbonyl (C=O) groups excluding carboxylic acids is 3. The zero-order valence-electron chi connectivity index (χ0n) is 15.2. The van der Waals surface area contributed by atoms with Crippen LogP contribution in [0.15, 0.2) is 48.0 Å². The zero-order chi connectivity index (χ0) is 20.3. The van der Waals surface area contributed by atoms with Gasteiger partial charge in [0.15, 0.2) is 11.5 Å². The molecule has 8 heteroatoms. The third-order valence-corrected chi connectivity index (χ3v) is 4.25. The summed E-state index contributed by atoms with van der Waals surface area (Å²) in [6.07, 6.45) is 1.35. The Hall–Kier alpha value is -3.32. The highest BCUT2D eigenvalue weighted by Gasteiger charge is 2.36. The number of anilines is 1. The molecule has 0 unspecified atom stereocenters. The van der Waals surface area contributed by atoms with Gasteiger partial charge in [0.05, 0.1) is 24.4 Å². The van der Waals surface area contributed by atoms with Crippen molar-refractivity contribution in [3.63, 3.8) is 0 Å². The van der Waals surface area contributed by atoms with Crippen LogP contribution in [0.25, 0.3) is 6.08 Å². The average molecular weight is 401 g/mol. The van der Waals surface area contributed by atoms with Gasteiger partial charge in [0.2, 0.25) is 0 Å². The summed E-state index contributed by atoms with van der Waals surface area (Å²) in [5.74, 6) is -0.787. The molecular formula is C20H17ClN2O5. The molecule has 3 rings (SSSR count). The maximum absolute atomic E-state index is 12.8. The van der Waals surface area contributed by atoms with Crippen molar-refractivity contribution in [2.24, 2.45) is 0 Å². The van der Waals surface area contributed by atoms with E-state index >= 15 is 0 Å². The summed E-state index contributed by atoms with van der Waals surface area (Å²) in [5.41, 5.74) is 0.600. The van der Waals surface area contributed by atoms with Crippen LogP contribution in [0.3, 0.4) is 0 Å². The maximum atomic E-state index is 12.8. The topological polar surface area (TPSA) is 84.9 Å². The molecule has 0 radical (unpaired) electrons. The summed E-state index contributed by atoms with van der Waals surface area (Å²) < 4.78 is 10.7. The van der Waals surface area contributed by atoms with E-state index in [1.165, 1.54) is 13.2 Å². The fourth-order valence-electron chi connectivity index (χ4n) is 2.74. The number of imide groups is 2. The predicted molar refractivity (Wildman–Crippen MR) is 105 cm³/mol. The van der Waals surface area contributed by atoms with Crippen molar-refractivity contribution in [2.45, 2.75) is 6.92 Å². The predicted octanol–water partition coefficient (Wildman–Crippen LogP) is 3.41. The van der Waals surface area contributed by atoms with E-state index in [1.807, 2.05) is 6.92 Å². The average Bonchev–Trinajstić information content (AvgIpc) is 2.67. The Morgan fingerprint density at radius 3 is 2.50 bits per heavy atom. The number of carbonyl (C=O) groups is 3. The van der Waals surface area contributed by atoms with E-state index in [1.54, 1.807) is 42.5 Å². The Bertz CT molecular complexity index is 972. The number of benzene rings is 2. The number of para-hydroxylation sites is 1. The molecule has 1 aliphatic heterocycles. The largest absolute Gasteiger partial charge is 0.493 e. The minimum Gasteiger partial charge on any atom is -0.493 e. The lowest BCUT2D eigenvalue weighted by Crippen LogP contribution is -2.54. The van der Waals surface area contributed by atoms with Gasteiger partial charge in [-0.25, -0.2) is 9.69 Å². The van der Waals surface area contributed by atoms with Gasteiger partial charge in [0.25, 0.3) is 11.8 Å². The number of halogens is 1. The Morgan fingerprint density at radius 2 is 1.86 bits per heavy atom. The number of amides is 4. The van der Waals surface area contributed by atoms with Crippen molar-refractivity contribution in [1.82, 2.24) is 5.32 Å². The highest BCUT2D eigenvalue weighted by Crippen LogP contribution is 2.37. The van der Waals surface area contributed by atoms with E-state index < -0.39 is 17.8 Å². The van der Waals surface area contributed by atoms with Crippen LogP contribution in [0.1, 0.15) is 12.5 Å². The van der Waals surface area contributed by atoms with Gasteiger partial charge in [0, 0.05) is 0 Å². The minimum absolute atomic E-state index is 0.203. The van der Waals surface area contributed by atoms with E-state index in [9.17, 15) is 14.4 Å². The second kappa shape index (κ2) is 8.14. The molecule has 0 aromatic heterocycles. The summed E-state index contributed by atoms with van der Waals surface area (Å²) >= 11 is 6.25. The Balaban J connectivity index is 2.03. The number of methoxy groups -OCH3 is 1. The van der Waals surface area contributed by atoms with Gasteiger partial charge in [-0.1, -0.05) is 29.8 Å². The van der Waals surface area contributed by atoms with Crippen LogP contribution >= 0.6 is 11.6 Å². The first kappa shape index (κ1) is 19.4. The Kier molecular flexibility index (Phi) is 5.65. The minimum atomic E-state index is -0.805. The number of hydrogen-bond acceptors (Lipinski definition) is 5. The standard InChI is InChI=1S/C20H17ClN2O5/c1-3-28-17-15(21)10-12(11-16(17)27-2)9-14-18(24)22-20(26)23(19(14)25)13-7-5-4-6-8-13/h4-11H,3H2,1-2H3,(H,22,24,26)/b14-9+. The maximum Gasteiger partial charge on any atom is 0.335 e. The third kappa shape index (κ3) is 3.70. The molecule has 0 saturated carbocycles.